The predicted molar refractivity (Wildman–Crippen MR) is 123 cm³/mol. The monoisotopic (exact) mass is 487 g/mol. The molecule has 4 rings (SSSR count). The van der Waals surface area contributed by atoms with Crippen LogP contribution in [-0.4, -0.2) is 84.7 Å². The second kappa shape index (κ2) is 9.61. The number of benzene rings is 2. The number of alkyl halides is 2. The van der Waals surface area contributed by atoms with E-state index in [0.29, 0.717) is 4.90 Å². The number of rotatable bonds is 7. The maximum Gasteiger partial charge on any atom is 0.407 e. The first-order valence-corrected chi connectivity index (χ1v) is 11.2. The molecule has 35 heavy (non-hydrogen) atoms. The van der Waals surface area contributed by atoms with Crippen molar-refractivity contribution in [3.8, 4) is 11.1 Å². The first kappa shape index (κ1) is 24.6. The van der Waals surface area contributed by atoms with Crippen molar-refractivity contribution in [2.24, 2.45) is 0 Å². The number of fused-ring (bicyclic) bond motifs is 3. The van der Waals surface area contributed by atoms with Gasteiger partial charge in [-0.15, -0.1) is 0 Å². The first-order chi connectivity index (χ1) is 16.6. The van der Waals surface area contributed by atoms with Crippen molar-refractivity contribution in [1.29, 1.82) is 0 Å². The van der Waals surface area contributed by atoms with Crippen LogP contribution < -0.4 is 5.32 Å². The van der Waals surface area contributed by atoms with Crippen LogP contribution in [0.2, 0.25) is 0 Å². The number of carboxylic acid groups (broad SMARTS) is 1. The minimum atomic E-state index is -3.31. The number of amides is 2. The summed E-state index contributed by atoms with van der Waals surface area (Å²) in [4.78, 5) is 39.4. The molecule has 0 bridgehead atoms. The highest BCUT2D eigenvalue weighted by Crippen LogP contribution is 2.44. The van der Waals surface area contributed by atoms with Gasteiger partial charge in [0.2, 0.25) is 5.91 Å². The molecule has 0 radical (unpaired) electrons. The number of hydrogen-bond donors (Lipinski definition) is 2. The van der Waals surface area contributed by atoms with E-state index in [1.807, 2.05) is 48.5 Å². The van der Waals surface area contributed by atoms with Crippen LogP contribution >= 0.6 is 0 Å². The van der Waals surface area contributed by atoms with Gasteiger partial charge in [-0.3, -0.25) is 4.79 Å². The van der Waals surface area contributed by atoms with Gasteiger partial charge >= 0.3 is 12.1 Å². The highest BCUT2D eigenvalue weighted by atomic mass is 19.3. The molecule has 2 amide bonds. The highest BCUT2D eigenvalue weighted by molar-refractivity contribution is 5.90. The van der Waals surface area contributed by atoms with Gasteiger partial charge < -0.3 is 25.0 Å². The van der Waals surface area contributed by atoms with Crippen LogP contribution in [0.5, 0.6) is 0 Å². The van der Waals surface area contributed by atoms with Gasteiger partial charge in [0.15, 0.2) is 0 Å². The molecule has 2 N–H and O–H groups in total. The Morgan fingerprint density at radius 2 is 1.69 bits per heavy atom. The van der Waals surface area contributed by atoms with E-state index in [2.05, 4.69) is 5.32 Å². The Labute approximate surface area is 201 Å². The van der Waals surface area contributed by atoms with Crippen molar-refractivity contribution in [1.82, 2.24) is 15.1 Å². The third kappa shape index (κ3) is 5.12. The lowest BCUT2D eigenvalue weighted by Gasteiger charge is -2.28. The summed E-state index contributed by atoms with van der Waals surface area (Å²) in [5, 5.41) is 11.8. The van der Waals surface area contributed by atoms with Gasteiger partial charge in [-0.25, -0.2) is 18.4 Å². The van der Waals surface area contributed by atoms with Crippen molar-refractivity contribution < 1.29 is 33.0 Å². The predicted octanol–water partition coefficient (Wildman–Crippen LogP) is 2.78. The van der Waals surface area contributed by atoms with Gasteiger partial charge in [-0.05, 0) is 36.3 Å². The lowest BCUT2D eigenvalue weighted by Crippen LogP contribution is -2.55. The second-order valence-electron chi connectivity index (χ2n) is 9.16. The molecule has 186 valence electrons. The largest absolute Gasteiger partial charge is 0.480 e. The maximum atomic E-state index is 13.9. The number of nitrogens with one attached hydrogen (secondary N) is 1. The third-order valence-electron chi connectivity index (χ3n) is 6.32. The molecule has 0 saturated carbocycles. The summed E-state index contributed by atoms with van der Waals surface area (Å²) < 4.78 is 33.3. The molecule has 8 nitrogen and oxygen atoms in total. The second-order valence-corrected chi connectivity index (χ2v) is 9.16. The van der Waals surface area contributed by atoms with E-state index < -0.39 is 48.9 Å². The van der Waals surface area contributed by atoms with Crippen LogP contribution in [-0.2, 0) is 14.3 Å². The lowest BCUT2D eigenvalue weighted by atomic mass is 9.98. The molecule has 2 aromatic carbocycles. The maximum absolute atomic E-state index is 13.9. The number of nitrogens with zero attached hydrogens (tertiary/aromatic N) is 2. The Morgan fingerprint density at radius 3 is 2.23 bits per heavy atom. The number of halogens is 2. The molecule has 2 aliphatic rings. The molecule has 1 saturated heterocycles. The van der Waals surface area contributed by atoms with E-state index in [9.17, 15) is 28.3 Å². The van der Waals surface area contributed by atoms with Crippen LogP contribution in [0.1, 0.15) is 23.5 Å². The van der Waals surface area contributed by atoms with Crippen molar-refractivity contribution >= 4 is 18.0 Å². The zero-order valence-electron chi connectivity index (χ0n) is 19.4. The fourth-order valence-corrected chi connectivity index (χ4v) is 4.80. The Balaban J connectivity index is 1.46. The molecular weight excluding hydrogens is 460 g/mol. The number of carbonyl (C=O) groups is 3. The molecule has 10 heteroatoms. The van der Waals surface area contributed by atoms with E-state index in [1.165, 1.54) is 0 Å². The zero-order valence-corrected chi connectivity index (χ0v) is 19.4. The van der Waals surface area contributed by atoms with Gasteiger partial charge in [-0.2, -0.15) is 0 Å². The summed E-state index contributed by atoms with van der Waals surface area (Å²) in [6, 6.07) is 12.7. The van der Waals surface area contributed by atoms with Crippen LogP contribution in [0.15, 0.2) is 48.5 Å². The van der Waals surface area contributed by atoms with Gasteiger partial charge in [0.05, 0.1) is 6.54 Å². The number of carboxylic acids is 1. The molecule has 1 unspecified atom stereocenters. The lowest BCUT2D eigenvalue weighted by molar-refractivity contribution is -0.149. The molecule has 0 spiro atoms. The van der Waals surface area contributed by atoms with Gasteiger partial charge in [0.1, 0.15) is 18.7 Å². The van der Waals surface area contributed by atoms with E-state index in [-0.39, 0.29) is 19.1 Å². The molecule has 1 heterocycles. The van der Waals surface area contributed by atoms with Crippen LogP contribution in [0.25, 0.3) is 11.1 Å². The number of likely N-dealkylation sites (N-methyl/N-ethyl adjacent to an activating group) is 1. The molecule has 2 atom stereocenters. The third-order valence-corrected chi connectivity index (χ3v) is 6.32. The minimum absolute atomic E-state index is 0.0161. The van der Waals surface area contributed by atoms with Gasteiger partial charge in [0, 0.05) is 18.9 Å². The quantitative estimate of drug-likeness (QED) is 0.623. The fourth-order valence-electron chi connectivity index (χ4n) is 4.80. The van der Waals surface area contributed by atoms with E-state index in [1.54, 1.807) is 19.0 Å². The summed E-state index contributed by atoms with van der Waals surface area (Å²) in [5.41, 5.74) is 4.16. The van der Waals surface area contributed by atoms with Gasteiger partial charge in [-0.1, -0.05) is 48.5 Å². The number of hydrogen-bond acceptors (Lipinski definition) is 5. The van der Waals surface area contributed by atoms with E-state index in [0.717, 1.165) is 22.3 Å². The fraction of sp³-hybridized carbons (Fsp3) is 0.400. The minimum Gasteiger partial charge on any atom is -0.480 e. The molecule has 1 aliphatic heterocycles. The summed E-state index contributed by atoms with van der Waals surface area (Å²) in [6.45, 7) is -1.02. The summed E-state index contributed by atoms with van der Waals surface area (Å²) >= 11 is 0. The standard InChI is InChI=1S/C25H27F2N3O5/c1-29(2)12-20(22(31)30-14-25(26,27)11-21(30)23(32)33)28-24(34)35-13-19-17-9-5-3-7-15(17)16-8-4-6-10-18(16)19/h3-10,19-21H,11-14H2,1-2H3,(H,28,34)(H,32,33)/t20-,21?/m0/s1. The van der Waals surface area contributed by atoms with Gasteiger partial charge in [0.25, 0.3) is 5.92 Å². The Kier molecular flexibility index (Phi) is 6.75. The molecule has 1 aliphatic carbocycles. The summed E-state index contributed by atoms with van der Waals surface area (Å²) in [5.74, 6) is -5.91. The number of carbonyl (C=O) groups excluding carboxylic acids is 2. The topological polar surface area (TPSA) is 99.2 Å². The Bertz CT molecular complexity index is 1090. The summed E-state index contributed by atoms with van der Waals surface area (Å²) in [7, 11) is 3.29. The van der Waals surface area contributed by atoms with Crippen LogP contribution in [0.4, 0.5) is 13.6 Å². The van der Waals surface area contributed by atoms with E-state index >= 15 is 0 Å². The van der Waals surface area contributed by atoms with Crippen LogP contribution in [0.3, 0.4) is 0 Å². The Hall–Kier alpha value is -3.53. The van der Waals surface area contributed by atoms with Crippen molar-refractivity contribution in [2.45, 2.75) is 30.3 Å². The van der Waals surface area contributed by atoms with Crippen molar-refractivity contribution in [2.75, 3.05) is 33.8 Å². The van der Waals surface area contributed by atoms with Crippen molar-refractivity contribution in [3.63, 3.8) is 0 Å². The molecule has 2 aromatic rings. The first-order valence-electron chi connectivity index (χ1n) is 11.2. The SMILES string of the molecule is CN(C)C[C@H](NC(=O)OCC1c2ccccc2-c2ccccc21)C(=O)N1CC(F)(F)CC1C(=O)O. The molecule has 1 fully saturated rings. The summed E-state index contributed by atoms with van der Waals surface area (Å²) in [6.07, 6.45) is -1.85. The average Bonchev–Trinajstić information content (AvgIpc) is 3.31. The zero-order chi connectivity index (χ0) is 25.3. The van der Waals surface area contributed by atoms with Crippen LogP contribution in [0, 0.1) is 0 Å². The molecule has 0 aromatic heterocycles. The number of aliphatic carboxylic acids is 1. The van der Waals surface area contributed by atoms with Crippen molar-refractivity contribution in [3.05, 3.63) is 59.7 Å². The molecular formula is C25H27F2N3O5. The number of ether oxygens (including phenoxy) is 1. The normalized spacial score (nSPS) is 19.2. The highest BCUT2D eigenvalue weighted by Gasteiger charge is 2.51. The average molecular weight is 488 g/mol. The van der Waals surface area contributed by atoms with E-state index in [4.69, 9.17) is 4.74 Å². The Morgan fingerprint density at radius 1 is 1.11 bits per heavy atom. The number of alkyl carbamates (subject to hydrolysis) is 1. The smallest absolute Gasteiger partial charge is 0.407 e. The number of likely N-dealkylation sites (tertiary alicyclic amines) is 1.